The van der Waals surface area contributed by atoms with Crippen LogP contribution in [0.5, 0.6) is 0 Å². The van der Waals surface area contributed by atoms with Gasteiger partial charge in [0.25, 0.3) is 0 Å². The zero-order valence-electron chi connectivity index (χ0n) is 11.0. The summed E-state index contributed by atoms with van der Waals surface area (Å²) in [5, 5.41) is 13.9. The van der Waals surface area contributed by atoms with Gasteiger partial charge in [-0.25, -0.2) is 14.4 Å². The number of nitrogens with zero attached hydrogens (tertiary/aromatic N) is 3. The van der Waals surface area contributed by atoms with Crippen molar-refractivity contribution in [3.05, 3.63) is 64.5 Å². The van der Waals surface area contributed by atoms with Crippen LogP contribution < -0.4 is 5.32 Å². The van der Waals surface area contributed by atoms with Gasteiger partial charge in [0, 0.05) is 17.8 Å². The number of benzene rings is 2. The molecule has 110 valence electrons. The first-order valence-electron chi connectivity index (χ1n) is 6.16. The summed E-state index contributed by atoms with van der Waals surface area (Å²) in [6, 6.07) is 7.64. The molecule has 0 amide bonds. The van der Waals surface area contributed by atoms with E-state index in [1.165, 1.54) is 24.5 Å². The van der Waals surface area contributed by atoms with Crippen molar-refractivity contribution in [3.8, 4) is 0 Å². The second-order valence-electron chi connectivity index (χ2n) is 4.44. The summed E-state index contributed by atoms with van der Waals surface area (Å²) in [4.78, 5) is 17.9. The van der Waals surface area contributed by atoms with Crippen LogP contribution in [0.1, 0.15) is 0 Å². The molecule has 0 aliphatic carbocycles. The highest BCUT2D eigenvalue weighted by molar-refractivity contribution is 5.92. The van der Waals surface area contributed by atoms with Crippen LogP contribution in [0.2, 0.25) is 0 Å². The minimum atomic E-state index is -0.979. The number of fused-ring (bicyclic) bond motifs is 1. The van der Waals surface area contributed by atoms with Gasteiger partial charge in [-0.3, -0.25) is 10.1 Å². The van der Waals surface area contributed by atoms with Gasteiger partial charge < -0.3 is 5.32 Å². The molecule has 2 aromatic carbocycles. The molecule has 1 aromatic heterocycles. The van der Waals surface area contributed by atoms with Gasteiger partial charge in [-0.2, -0.15) is 4.39 Å². The van der Waals surface area contributed by atoms with Gasteiger partial charge in [-0.1, -0.05) is 6.07 Å². The molecule has 3 rings (SSSR count). The predicted octanol–water partition coefficient (Wildman–Crippen LogP) is 3.56. The zero-order valence-corrected chi connectivity index (χ0v) is 11.0. The lowest BCUT2D eigenvalue weighted by atomic mass is 10.2. The van der Waals surface area contributed by atoms with Gasteiger partial charge in [0.05, 0.1) is 15.8 Å². The number of aromatic nitrogens is 2. The molecular formula is C14H8F2N4O2. The van der Waals surface area contributed by atoms with E-state index in [0.29, 0.717) is 5.69 Å². The van der Waals surface area contributed by atoms with Crippen molar-refractivity contribution in [3.63, 3.8) is 0 Å². The van der Waals surface area contributed by atoms with Crippen molar-refractivity contribution in [2.75, 3.05) is 5.32 Å². The largest absolute Gasteiger partial charge is 0.340 e. The van der Waals surface area contributed by atoms with Gasteiger partial charge in [-0.05, 0) is 18.2 Å². The number of anilines is 2. The molecular weight excluding hydrogens is 294 g/mol. The van der Waals surface area contributed by atoms with Crippen LogP contribution in [-0.2, 0) is 0 Å². The van der Waals surface area contributed by atoms with Crippen molar-refractivity contribution >= 4 is 28.1 Å². The zero-order chi connectivity index (χ0) is 15.7. The molecule has 0 saturated heterocycles. The fourth-order valence-electron chi connectivity index (χ4n) is 2.01. The van der Waals surface area contributed by atoms with Crippen LogP contribution in [0.3, 0.4) is 0 Å². The number of rotatable bonds is 3. The van der Waals surface area contributed by atoms with Gasteiger partial charge >= 0.3 is 5.69 Å². The number of halogens is 2. The fourth-order valence-corrected chi connectivity index (χ4v) is 2.01. The van der Waals surface area contributed by atoms with Gasteiger partial charge in [0.15, 0.2) is 0 Å². The summed E-state index contributed by atoms with van der Waals surface area (Å²) in [6.45, 7) is 0. The second kappa shape index (κ2) is 5.32. The minimum absolute atomic E-state index is 0.206. The predicted molar refractivity (Wildman–Crippen MR) is 75.8 cm³/mol. The molecule has 0 saturated carbocycles. The Labute approximate surface area is 122 Å². The number of hydrogen-bond donors (Lipinski definition) is 1. The van der Waals surface area contributed by atoms with Crippen LogP contribution in [0.25, 0.3) is 10.9 Å². The molecule has 0 unspecified atom stereocenters. The molecule has 0 spiro atoms. The highest BCUT2D eigenvalue weighted by Gasteiger charge is 2.17. The SMILES string of the molecule is O=[N+]([O-])c1cc2c(Nc3cccc(F)c3)ncnc2cc1F. The van der Waals surface area contributed by atoms with Crippen LogP contribution >= 0.6 is 0 Å². The summed E-state index contributed by atoms with van der Waals surface area (Å²) in [6.07, 6.45) is 1.19. The lowest BCUT2D eigenvalue weighted by molar-refractivity contribution is -0.387. The maximum atomic E-state index is 13.6. The number of nitro groups is 1. The number of nitro benzene ring substituents is 1. The molecule has 22 heavy (non-hydrogen) atoms. The fraction of sp³-hybridized carbons (Fsp3) is 0. The minimum Gasteiger partial charge on any atom is -0.340 e. The lowest BCUT2D eigenvalue weighted by Gasteiger charge is -2.08. The van der Waals surface area contributed by atoms with Crippen molar-refractivity contribution in [1.29, 1.82) is 0 Å². The highest BCUT2D eigenvalue weighted by Crippen LogP contribution is 2.28. The van der Waals surface area contributed by atoms with Crippen LogP contribution in [0.4, 0.5) is 26.0 Å². The monoisotopic (exact) mass is 302 g/mol. The first-order chi connectivity index (χ1) is 10.5. The first-order valence-corrected chi connectivity index (χ1v) is 6.16. The maximum absolute atomic E-state index is 13.6. The lowest BCUT2D eigenvalue weighted by Crippen LogP contribution is -1.99. The summed E-state index contributed by atoms with van der Waals surface area (Å²) in [5.41, 5.74) is -0.0615. The van der Waals surface area contributed by atoms with Crippen LogP contribution in [-0.4, -0.2) is 14.9 Å². The Balaban J connectivity index is 2.13. The molecule has 0 aliphatic heterocycles. The number of nitrogens with one attached hydrogen (secondary N) is 1. The van der Waals surface area contributed by atoms with E-state index < -0.39 is 22.2 Å². The summed E-state index contributed by atoms with van der Waals surface area (Å²) < 4.78 is 26.8. The summed E-state index contributed by atoms with van der Waals surface area (Å²) in [7, 11) is 0. The molecule has 0 atom stereocenters. The average Bonchev–Trinajstić information content (AvgIpc) is 2.46. The molecule has 0 bridgehead atoms. The second-order valence-corrected chi connectivity index (χ2v) is 4.44. The normalized spacial score (nSPS) is 10.6. The van der Waals surface area contributed by atoms with Crippen molar-refractivity contribution in [2.45, 2.75) is 0 Å². The quantitative estimate of drug-likeness (QED) is 0.591. The van der Waals surface area contributed by atoms with Crippen molar-refractivity contribution < 1.29 is 13.7 Å². The highest BCUT2D eigenvalue weighted by atomic mass is 19.1. The average molecular weight is 302 g/mol. The Hall–Kier alpha value is -3.16. The van der Waals surface area contributed by atoms with E-state index in [2.05, 4.69) is 15.3 Å². The molecule has 8 heteroatoms. The van der Waals surface area contributed by atoms with E-state index in [-0.39, 0.29) is 16.7 Å². The Bertz CT molecular complexity index is 886. The molecule has 1 heterocycles. The van der Waals surface area contributed by atoms with E-state index in [1.54, 1.807) is 6.07 Å². The molecule has 0 fully saturated rings. The topological polar surface area (TPSA) is 81.0 Å². The first kappa shape index (κ1) is 13.8. The summed E-state index contributed by atoms with van der Waals surface area (Å²) >= 11 is 0. The standard InChI is InChI=1S/C14H8F2N4O2/c15-8-2-1-3-9(4-8)19-14-10-5-13(20(21)22)11(16)6-12(10)17-7-18-14/h1-7H,(H,17,18,19). The van der Waals surface area contributed by atoms with E-state index in [1.807, 2.05) is 0 Å². The molecule has 6 nitrogen and oxygen atoms in total. The van der Waals surface area contributed by atoms with Gasteiger partial charge in [0.1, 0.15) is 18.0 Å². The van der Waals surface area contributed by atoms with Crippen molar-refractivity contribution in [1.82, 2.24) is 9.97 Å². The van der Waals surface area contributed by atoms with Crippen LogP contribution in [0, 0.1) is 21.7 Å². The summed E-state index contributed by atoms with van der Waals surface area (Å²) in [5.74, 6) is -1.20. The van der Waals surface area contributed by atoms with Crippen molar-refractivity contribution in [2.24, 2.45) is 0 Å². The smallest absolute Gasteiger partial charge is 0.305 e. The Morgan fingerprint density at radius 1 is 1.14 bits per heavy atom. The third kappa shape index (κ3) is 2.53. The molecule has 1 N–H and O–H groups in total. The molecule has 0 radical (unpaired) electrons. The van der Waals surface area contributed by atoms with E-state index in [0.717, 1.165) is 12.1 Å². The van der Waals surface area contributed by atoms with Gasteiger partial charge in [-0.15, -0.1) is 0 Å². The molecule has 0 aliphatic rings. The van der Waals surface area contributed by atoms with E-state index >= 15 is 0 Å². The molecule has 3 aromatic rings. The Morgan fingerprint density at radius 3 is 2.68 bits per heavy atom. The number of hydrogen-bond acceptors (Lipinski definition) is 5. The Morgan fingerprint density at radius 2 is 1.95 bits per heavy atom. The Kier molecular flexibility index (Phi) is 3.34. The van der Waals surface area contributed by atoms with Gasteiger partial charge in [0.2, 0.25) is 5.82 Å². The van der Waals surface area contributed by atoms with E-state index in [4.69, 9.17) is 0 Å². The van der Waals surface area contributed by atoms with Crippen LogP contribution in [0.15, 0.2) is 42.7 Å². The van der Waals surface area contributed by atoms with E-state index in [9.17, 15) is 18.9 Å². The third-order valence-electron chi connectivity index (χ3n) is 2.99. The maximum Gasteiger partial charge on any atom is 0.305 e. The third-order valence-corrected chi connectivity index (χ3v) is 2.99.